The monoisotopic (exact) mass is 380 g/mol. The van der Waals surface area contributed by atoms with E-state index < -0.39 is 0 Å². The van der Waals surface area contributed by atoms with E-state index in [1.165, 1.54) is 41.9 Å². The summed E-state index contributed by atoms with van der Waals surface area (Å²) < 4.78 is 6.29. The fraction of sp³-hybridized carbons (Fsp3) is 0.476. The van der Waals surface area contributed by atoms with Crippen molar-refractivity contribution in [3.05, 3.63) is 35.6 Å². The molecule has 1 saturated heterocycles. The predicted molar refractivity (Wildman–Crippen MR) is 108 cm³/mol. The van der Waals surface area contributed by atoms with Crippen molar-refractivity contribution in [2.24, 2.45) is 0 Å². The Morgan fingerprint density at radius 2 is 1.96 bits per heavy atom. The smallest absolute Gasteiger partial charge is 0.316 e. The maximum Gasteiger partial charge on any atom is 0.316 e. The number of hydrogen-bond donors (Lipinski definition) is 0. The lowest BCUT2D eigenvalue weighted by atomic mass is 9.79. The standard InChI is InChI=1S/C21H24N4OS/c1-13-4-3-7-25(13)17-8-15(9-17)20-24-18-6-5-14(10-19(18)27-20)16-11-22-21(26-2)23-12-16/h5-6,10-13,15,17H,3-4,7-9H2,1-2H3. The Hall–Kier alpha value is -2.05. The quantitative estimate of drug-likeness (QED) is 0.667. The number of ether oxygens (including phenoxy) is 1. The lowest BCUT2D eigenvalue weighted by Gasteiger charge is -2.42. The number of nitrogens with zero attached hydrogens (tertiary/aromatic N) is 4. The van der Waals surface area contributed by atoms with Crippen molar-refractivity contribution in [1.82, 2.24) is 19.9 Å². The van der Waals surface area contributed by atoms with Gasteiger partial charge in [-0.3, -0.25) is 4.90 Å². The molecular formula is C21H24N4OS. The topological polar surface area (TPSA) is 51.1 Å². The van der Waals surface area contributed by atoms with Crippen molar-refractivity contribution in [2.45, 2.75) is 50.6 Å². The second-order valence-corrected chi connectivity index (χ2v) is 8.81. The molecule has 1 atom stereocenters. The van der Waals surface area contributed by atoms with E-state index in [2.05, 4.69) is 40.0 Å². The zero-order valence-corrected chi connectivity index (χ0v) is 16.6. The first-order valence-electron chi connectivity index (χ1n) is 9.74. The van der Waals surface area contributed by atoms with Crippen LogP contribution in [0.2, 0.25) is 0 Å². The number of fused-ring (bicyclic) bond motifs is 1. The molecule has 0 amide bonds. The van der Waals surface area contributed by atoms with Crippen LogP contribution in [0.4, 0.5) is 0 Å². The lowest BCUT2D eigenvalue weighted by molar-refractivity contribution is 0.103. The summed E-state index contributed by atoms with van der Waals surface area (Å²) in [5, 5.41) is 1.30. The van der Waals surface area contributed by atoms with Gasteiger partial charge >= 0.3 is 6.01 Å². The molecule has 27 heavy (non-hydrogen) atoms. The highest BCUT2D eigenvalue weighted by Gasteiger charge is 2.39. The summed E-state index contributed by atoms with van der Waals surface area (Å²) in [6.07, 6.45) is 8.87. The van der Waals surface area contributed by atoms with Gasteiger partial charge in [0, 0.05) is 36.0 Å². The highest BCUT2D eigenvalue weighted by atomic mass is 32.1. The molecule has 1 saturated carbocycles. The van der Waals surface area contributed by atoms with Crippen molar-refractivity contribution < 1.29 is 4.74 Å². The molecule has 5 nitrogen and oxygen atoms in total. The number of methoxy groups -OCH3 is 1. The third-order valence-electron chi connectivity index (χ3n) is 6.08. The van der Waals surface area contributed by atoms with E-state index >= 15 is 0 Å². The average Bonchev–Trinajstić information content (AvgIpc) is 3.26. The fourth-order valence-electron chi connectivity index (χ4n) is 4.43. The number of likely N-dealkylation sites (tertiary alicyclic amines) is 1. The highest BCUT2D eigenvalue weighted by molar-refractivity contribution is 7.18. The SMILES string of the molecule is COc1ncc(-c2ccc3nc(C4CC(N5CCCC5C)C4)sc3c2)cn1. The van der Waals surface area contributed by atoms with Crippen LogP contribution < -0.4 is 4.74 Å². The van der Waals surface area contributed by atoms with Crippen molar-refractivity contribution in [3.8, 4) is 17.1 Å². The van der Waals surface area contributed by atoms with Crippen LogP contribution in [0.1, 0.15) is 43.5 Å². The summed E-state index contributed by atoms with van der Waals surface area (Å²) >= 11 is 1.85. The van der Waals surface area contributed by atoms with Crippen molar-refractivity contribution in [1.29, 1.82) is 0 Å². The molecule has 140 valence electrons. The van der Waals surface area contributed by atoms with Gasteiger partial charge in [-0.2, -0.15) is 0 Å². The molecule has 0 spiro atoms. The van der Waals surface area contributed by atoms with E-state index in [0.29, 0.717) is 11.9 Å². The molecule has 6 heteroatoms. The molecule has 1 aliphatic heterocycles. The molecule has 1 aliphatic carbocycles. The Balaban J connectivity index is 1.34. The molecule has 2 fully saturated rings. The average molecular weight is 381 g/mol. The maximum atomic E-state index is 5.04. The van der Waals surface area contributed by atoms with Gasteiger partial charge in [0.25, 0.3) is 0 Å². The zero-order chi connectivity index (χ0) is 18.4. The molecule has 1 unspecified atom stereocenters. The van der Waals surface area contributed by atoms with Crippen LogP contribution in [0.15, 0.2) is 30.6 Å². The molecule has 3 aromatic rings. The van der Waals surface area contributed by atoms with Crippen LogP contribution in [-0.2, 0) is 0 Å². The van der Waals surface area contributed by atoms with Crippen molar-refractivity contribution in [2.75, 3.05) is 13.7 Å². The molecule has 0 bridgehead atoms. The summed E-state index contributed by atoms with van der Waals surface area (Å²) in [6.45, 7) is 3.66. The summed E-state index contributed by atoms with van der Waals surface area (Å²) in [5.41, 5.74) is 3.23. The van der Waals surface area contributed by atoms with Gasteiger partial charge in [0.1, 0.15) is 0 Å². The summed E-state index contributed by atoms with van der Waals surface area (Å²) in [4.78, 5) is 16.1. The van der Waals surface area contributed by atoms with Gasteiger partial charge in [0.15, 0.2) is 0 Å². The van der Waals surface area contributed by atoms with Crippen LogP contribution in [0, 0.1) is 0 Å². The van der Waals surface area contributed by atoms with Gasteiger partial charge in [-0.25, -0.2) is 15.0 Å². The summed E-state index contributed by atoms with van der Waals surface area (Å²) in [6, 6.07) is 8.36. The third-order valence-corrected chi connectivity index (χ3v) is 7.27. The van der Waals surface area contributed by atoms with Crippen molar-refractivity contribution in [3.63, 3.8) is 0 Å². The lowest BCUT2D eigenvalue weighted by Crippen LogP contribution is -2.45. The van der Waals surface area contributed by atoms with Gasteiger partial charge in [-0.15, -0.1) is 11.3 Å². The second-order valence-electron chi connectivity index (χ2n) is 7.74. The van der Waals surface area contributed by atoms with Gasteiger partial charge in [0.2, 0.25) is 0 Å². The molecular weight excluding hydrogens is 356 g/mol. The van der Waals surface area contributed by atoms with Gasteiger partial charge in [-0.1, -0.05) is 6.07 Å². The number of rotatable bonds is 4. The second kappa shape index (κ2) is 6.84. The van der Waals surface area contributed by atoms with Crippen LogP contribution in [0.5, 0.6) is 6.01 Å². The molecule has 2 aliphatic rings. The van der Waals surface area contributed by atoms with E-state index in [4.69, 9.17) is 9.72 Å². The first kappa shape index (κ1) is 17.1. The van der Waals surface area contributed by atoms with Gasteiger partial charge in [-0.05, 0) is 56.8 Å². The Morgan fingerprint density at radius 3 is 2.67 bits per heavy atom. The molecule has 1 aromatic carbocycles. The minimum absolute atomic E-state index is 0.395. The van der Waals surface area contributed by atoms with Gasteiger partial charge < -0.3 is 4.74 Å². The third kappa shape index (κ3) is 3.11. The minimum atomic E-state index is 0.395. The van der Waals surface area contributed by atoms with Crippen LogP contribution in [0.3, 0.4) is 0 Å². The number of hydrogen-bond acceptors (Lipinski definition) is 6. The maximum absolute atomic E-state index is 5.04. The van der Waals surface area contributed by atoms with Crippen LogP contribution >= 0.6 is 11.3 Å². The molecule has 5 rings (SSSR count). The van der Waals surface area contributed by atoms with Gasteiger partial charge in [0.05, 0.1) is 22.3 Å². The summed E-state index contributed by atoms with van der Waals surface area (Å²) in [5.74, 6) is 0.632. The van der Waals surface area contributed by atoms with E-state index in [9.17, 15) is 0 Å². The zero-order valence-electron chi connectivity index (χ0n) is 15.8. The summed E-state index contributed by atoms with van der Waals surface area (Å²) in [7, 11) is 1.58. The Labute approximate surface area is 163 Å². The normalized spacial score (nSPS) is 25.6. The number of thiazole rings is 1. The Morgan fingerprint density at radius 1 is 1.15 bits per heavy atom. The minimum Gasteiger partial charge on any atom is -0.467 e. The van der Waals surface area contributed by atoms with Crippen LogP contribution in [0.25, 0.3) is 21.3 Å². The van der Waals surface area contributed by atoms with E-state index in [-0.39, 0.29) is 0 Å². The first-order chi connectivity index (χ1) is 13.2. The van der Waals surface area contributed by atoms with E-state index in [1.54, 1.807) is 7.11 Å². The van der Waals surface area contributed by atoms with E-state index in [1.807, 2.05) is 23.7 Å². The number of benzene rings is 1. The fourth-order valence-corrected chi connectivity index (χ4v) is 5.56. The molecule has 3 heterocycles. The molecule has 2 aromatic heterocycles. The first-order valence-corrected chi connectivity index (χ1v) is 10.6. The highest BCUT2D eigenvalue weighted by Crippen LogP contribution is 2.44. The Bertz CT molecular complexity index is 948. The van der Waals surface area contributed by atoms with Crippen molar-refractivity contribution >= 4 is 21.6 Å². The Kier molecular flexibility index (Phi) is 4.32. The molecule has 0 N–H and O–H groups in total. The van der Waals surface area contributed by atoms with Crippen LogP contribution in [-0.4, -0.2) is 45.6 Å². The number of aromatic nitrogens is 3. The van der Waals surface area contributed by atoms with E-state index in [0.717, 1.165) is 28.7 Å². The predicted octanol–water partition coefficient (Wildman–Crippen LogP) is 4.49. The molecule has 0 radical (unpaired) electrons. The largest absolute Gasteiger partial charge is 0.467 e.